The molecular formula is C23H23N3O. The van der Waals surface area contributed by atoms with E-state index in [1.807, 2.05) is 54.6 Å². The maximum atomic E-state index is 6.02. The highest BCUT2D eigenvalue weighted by atomic mass is 16.5. The molecule has 136 valence electrons. The van der Waals surface area contributed by atoms with Crippen molar-refractivity contribution in [2.45, 2.75) is 19.3 Å². The van der Waals surface area contributed by atoms with Crippen LogP contribution < -0.4 is 4.74 Å². The minimum Gasteiger partial charge on any atom is -0.474 e. The van der Waals surface area contributed by atoms with Crippen molar-refractivity contribution in [3.8, 4) is 17.7 Å². The SMILES string of the molecule is C(#Cc1nc2ccccc2nc1OCCN1CCCCC1)c1ccccc1. The van der Waals surface area contributed by atoms with Crippen molar-refractivity contribution in [1.29, 1.82) is 0 Å². The lowest BCUT2D eigenvalue weighted by atomic mass is 10.1. The molecule has 0 N–H and O–H groups in total. The second-order valence-corrected chi connectivity index (χ2v) is 6.73. The van der Waals surface area contributed by atoms with Crippen molar-refractivity contribution in [3.05, 3.63) is 65.9 Å². The van der Waals surface area contributed by atoms with Gasteiger partial charge in [-0.1, -0.05) is 42.7 Å². The zero-order valence-electron chi connectivity index (χ0n) is 15.4. The molecule has 2 aromatic carbocycles. The van der Waals surface area contributed by atoms with Gasteiger partial charge in [-0.15, -0.1) is 0 Å². The van der Waals surface area contributed by atoms with Crippen LogP contribution in [0.5, 0.6) is 5.88 Å². The molecule has 0 aliphatic carbocycles. The molecule has 3 aromatic rings. The van der Waals surface area contributed by atoms with Gasteiger partial charge in [-0.05, 0) is 56.1 Å². The second-order valence-electron chi connectivity index (χ2n) is 6.73. The summed E-state index contributed by atoms with van der Waals surface area (Å²) >= 11 is 0. The molecule has 4 nitrogen and oxygen atoms in total. The Labute approximate surface area is 160 Å². The molecule has 1 aliphatic heterocycles. The first-order chi connectivity index (χ1) is 13.4. The summed E-state index contributed by atoms with van der Waals surface area (Å²) in [6, 6.07) is 17.7. The van der Waals surface area contributed by atoms with Crippen molar-refractivity contribution < 1.29 is 4.74 Å². The Kier molecular flexibility index (Phi) is 5.61. The lowest BCUT2D eigenvalue weighted by Gasteiger charge is -2.26. The first-order valence-corrected chi connectivity index (χ1v) is 9.57. The van der Waals surface area contributed by atoms with Crippen molar-refractivity contribution in [3.63, 3.8) is 0 Å². The molecule has 1 fully saturated rings. The van der Waals surface area contributed by atoms with Gasteiger partial charge in [0.25, 0.3) is 0 Å². The van der Waals surface area contributed by atoms with Crippen LogP contribution in [0.3, 0.4) is 0 Å². The van der Waals surface area contributed by atoms with Crippen molar-refractivity contribution in [1.82, 2.24) is 14.9 Å². The highest BCUT2D eigenvalue weighted by Gasteiger charge is 2.12. The Morgan fingerprint density at radius 2 is 1.52 bits per heavy atom. The van der Waals surface area contributed by atoms with E-state index in [4.69, 9.17) is 4.74 Å². The summed E-state index contributed by atoms with van der Waals surface area (Å²) in [7, 11) is 0. The van der Waals surface area contributed by atoms with E-state index in [0.29, 0.717) is 18.2 Å². The standard InChI is InChI=1S/C23H23N3O/c1-3-9-19(10-4-1)13-14-22-23(25-21-12-6-5-11-20(21)24-22)27-18-17-26-15-7-2-8-16-26/h1,3-6,9-12H,2,7-8,15-18H2. The first-order valence-electron chi connectivity index (χ1n) is 9.57. The lowest BCUT2D eigenvalue weighted by Crippen LogP contribution is -2.33. The number of para-hydroxylation sites is 2. The third-order valence-electron chi connectivity index (χ3n) is 4.73. The number of piperidine rings is 1. The van der Waals surface area contributed by atoms with E-state index in [0.717, 1.165) is 36.2 Å². The van der Waals surface area contributed by atoms with Gasteiger partial charge < -0.3 is 4.74 Å². The van der Waals surface area contributed by atoms with E-state index in [1.54, 1.807) is 0 Å². The van der Waals surface area contributed by atoms with Gasteiger partial charge in [-0.2, -0.15) is 0 Å². The fourth-order valence-corrected chi connectivity index (χ4v) is 3.27. The first kappa shape index (κ1) is 17.5. The normalized spacial score (nSPS) is 14.5. The highest BCUT2D eigenvalue weighted by Crippen LogP contribution is 2.18. The number of benzene rings is 2. The van der Waals surface area contributed by atoms with E-state index < -0.39 is 0 Å². The second kappa shape index (κ2) is 8.66. The number of aromatic nitrogens is 2. The molecule has 27 heavy (non-hydrogen) atoms. The minimum atomic E-state index is 0.522. The maximum absolute atomic E-state index is 6.02. The molecule has 4 rings (SSSR count). The Morgan fingerprint density at radius 3 is 2.30 bits per heavy atom. The van der Waals surface area contributed by atoms with Crippen LogP contribution in [0.4, 0.5) is 0 Å². The van der Waals surface area contributed by atoms with Crippen molar-refractivity contribution >= 4 is 11.0 Å². The smallest absolute Gasteiger partial charge is 0.249 e. The zero-order chi connectivity index (χ0) is 18.3. The molecule has 0 saturated carbocycles. The Morgan fingerprint density at radius 1 is 0.815 bits per heavy atom. The lowest BCUT2D eigenvalue weighted by molar-refractivity contribution is 0.180. The van der Waals surface area contributed by atoms with Crippen LogP contribution in [0.1, 0.15) is 30.5 Å². The monoisotopic (exact) mass is 357 g/mol. The predicted octanol–water partition coefficient (Wildman–Crippen LogP) is 3.89. The third-order valence-corrected chi connectivity index (χ3v) is 4.73. The van der Waals surface area contributed by atoms with Gasteiger partial charge in [0.15, 0.2) is 5.69 Å². The van der Waals surface area contributed by atoms with Crippen molar-refractivity contribution in [2.75, 3.05) is 26.2 Å². The van der Waals surface area contributed by atoms with E-state index >= 15 is 0 Å². The Hall–Kier alpha value is -2.90. The largest absolute Gasteiger partial charge is 0.474 e. The molecule has 1 saturated heterocycles. The highest BCUT2D eigenvalue weighted by molar-refractivity contribution is 5.75. The summed E-state index contributed by atoms with van der Waals surface area (Å²) in [5.74, 6) is 6.83. The molecule has 0 bridgehead atoms. The van der Waals surface area contributed by atoms with Gasteiger partial charge in [0, 0.05) is 12.1 Å². The molecule has 1 aliphatic rings. The number of ether oxygens (including phenoxy) is 1. The fourth-order valence-electron chi connectivity index (χ4n) is 3.27. The number of nitrogens with zero attached hydrogens (tertiary/aromatic N) is 3. The van der Waals surface area contributed by atoms with Crippen LogP contribution in [0.15, 0.2) is 54.6 Å². The van der Waals surface area contributed by atoms with Crippen LogP contribution in [-0.2, 0) is 0 Å². The van der Waals surface area contributed by atoms with Crippen LogP contribution in [-0.4, -0.2) is 41.1 Å². The predicted molar refractivity (Wildman–Crippen MR) is 108 cm³/mol. The molecule has 0 radical (unpaired) electrons. The quantitative estimate of drug-likeness (QED) is 0.664. The van der Waals surface area contributed by atoms with Crippen LogP contribution in [0, 0.1) is 11.8 Å². The number of rotatable bonds is 4. The molecule has 0 spiro atoms. The summed E-state index contributed by atoms with van der Waals surface area (Å²) < 4.78 is 6.02. The van der Waals surface area contributed by atoms with Gasteiger partial charge in [0.2, 0.25) is 5.88 Å². The van der Waals surface area contributed by atoms with Gasteiger partial charge in [0.05, 0.1) is 11.0 Å². The third kappa shape index (κ3) is 4.64. The fraction of sp³-hybridized carbons (Fsp3) is 0.304. The van der Waals surface area contributed by atoms with Crippen molar-refractivity contribution in [2.24, 2.45) is 0 Å². The molecule has 2 heterocycles. The van der Waals surface area contributed by atoms with Gasteiger partial charge >= 0.3 is 0 Å². The van der Waals surface area contributed by atoms with E-state index in [-0.39, 0.29) is 0 Å². The number of fused-ring (bicyclic) bond motifs is 1. The summed E-state index contributed by atoms with van der Waals surface area (Å²) in [5, 5.41) is 0. The van der Waals surface area contributed by atoms with Gasteiger partial charge in [-0.3, -0.25) is 4.90 Å². The average molecular weight is 357 g/mol. The number of likely N-dealkylation sites (tertiary alicyclic amines) is 1. The Bertz CT molecular complexity index is 954. The molecular weight excluding hydrogens is 334 g/mol. The van der Waals surface area contributed by atoms with E-state index in [1.165, 1.54) is 19.3 Å². The minimum absolute atomic E-state index is 0.522. The van der Waals surface area contributed by atoms with E-state index in [2.05, 4.69) is 26.7 Å². The summed E-state index contributed by atoms with van der Waals surface area (Å²) in [6.07, 6.45) is 3.90. The molecule has 0 atom stereocenters. The van der Waals surface area contributed by atoms with Crippen LogP contribution in [0.25, 0.3) is 11.0 Å². The van der Waals surface area contributed by atoms with Crippen LogP contribution in [0.2, 0.25) is 0 Å². The topological polar surface area (TPSA) is 38.3 Å². The number of hydrogen-bond acceptors (Lipinski definition) is 4. The molecule has 4 heteroatoms. The summed E-state index contributed by atoms with van der Waals surface area (Å²) in [6.45, 7) is 3.84. The van der Waals surface area contributed by atoms with Crippen LogP contribution >= 0.6 is 0 Å². The Balaban J connectivity index is 1.56. The molecule has 0 amide bonds. The van der Waals surface area contributed by atoms with Gasteiger partial charge in [-0.25, -0.2) is 9.97 Å². The summed E-state index contributed by atoms with van der Waals surface area (Å²) in [4.78, 5) is 11.8. The molecule has 1 aromatic heterocycles. The van der Waals surface area contributed by atoms with Gasteiger partial charge in [0.1, 0.15) is 6.61 Å². The average Bonchev–Trinajstić information content (AvgIpc) is 2.73. The zero-order valence-corrected chi connectivity index (χ0v) is 15.4. The summed E-state index contributed by atoms with van der Waals surface area (Å²) in [5.41, 5.74) is 3.21. The molecule has 0 unspecified atom stereocenters. The van der Waals surface area contributed by atoms with E-state index in [9.17, 15) is 0 Å². The number of hydrogen-bond donors (Lipinski definition) is 0. The maximum Gasteiger partial charge on any atom is 0.249 e.